The maximum atomic E-state index is 6.29. The molecule has 110 valence electrons. The molecule has 3 rings (SSSR count). The fraction of sp³-hybridized carbons (Fsp3) is 0.333. The standard InChI is InChI=1S/C18H20ClNO/c1-12(20)14-7-9-18(17(19)11-14)21-16-8-6-13-4-2-3-5-15(13)10-16/h6-12H,2-5,20H2,1H3. The molecule has 1 atom stereocenters. The predicted octanol–water partition coefficient (Wildman–Crippen LogP) is 5.03. The van der Waals surface area contributed by atoms with Gasteiger partial charge in [0.05, 0.1) is 5.02 Å². The molecule has 0 saturated carbocycles. The molecule has 0 fully saturated rings. The van der Waals surface area contributed by atoms with E-state index in [2.05, 4.69) is 12.1 Å². The summed E-state index contributed by atoms with van der Waals surface area (Å²) < 4.78 is 5.94. The average Bonchev–Trinajstić information content (AvgIpc) is 2.49. The first-order valence-electron chi connectivity index (χ1n) is 7.48. The molecule has 1 unspecified atom stereocenters. The highest BCUT2D eigenvalue weighted by Gasteiger charge is 2.11. The highest BCUT2D eigenvalue weighted by atomic mass is 35.5. The van der Waals surface area contributed by atoms with Crippen LogP contribution < -0.4 is 10.5 Å². The smallest absolute Gasteiger partial charge is 0.146 e. The molecular weight excluding hydrogens is 282 g/mol. The van der Waals surface area contributed by atoms with Gasteiger partial charge in [0.2, 0.25) is 0 Å². The summed E-state index contributed by atoms with van der Waals surface area (Å²) in [5, 5.41) is 0.600. The molecule has 2 aromatic rings. The van der Waals surface area contributed by atoms with E-state index in [1.54, 1.807) is 0 Å². The molecule has 0 radical (unpaired) electrons. The van der Waals surface area contributed by atoms with Crippen LogP contribution in [0.5, 0.6) is 11.5 Å². The molecule has 2 N–H and O–H groups in total. The van der Waals surface area contributed by atoms with Gasteiger partial charge in [-0.2, -0.15) is 0 Å². The molecule has 1 aliphatic carbocycles. The van der Waals surface area contributed by atoms with Gasteiger partial charge in [-0.3, -0.25) is 0 Å². The number of halogens is 1. The van der Waals surface area contributed by atoms with E-state index in [9.17, 15) is 0 Å². The van der Waals surface area contributed by atoms with E-state index in [1.165, 1.54) is 30.4 Å². The van der Waals surface area contributed by atoms with E-state index in [1.807, 2.05) is 31.2 Å². The third-order valence-electron chi connectivity index (χ3n) is 4.03. The van der Waals surface area contributed by atoms with Crippen molar-refractivity contribution >= 4 is 11.6 Å². The van der Waals surface area contributed by atoms with E-state index in [0.29, 0.717) is 10.8 Å². The Labute approximate surface area is 130 Å². The number of hydrogen-bond acceptors (Lipinski definition) is 2. The monoisotopic (exact) mass is 301 g/mol. The van der Waals surface area contributed by atoms with Crippen molar-refractivity contribution in [2.45, 2.75) is 38.6 Å². The molecule has 0 heterocycles. The molecule has 0 saturated heterocycles. The van der Waals surface area contributed by atoms with E-state index < -0.39 is 0 Å². The second kappa shape index (κ2) is 6.08. The van der Waals surface area contributed by atoms with Crippen molar-refractivity contribution in [2.24, 2.45) is 5.73 Å². The van der Waals surface area contributed by atoms with Crippen LogP contribution in [0, 0.1) is 0 Å². The maximum absolute atomic E-state index is 6.29. The van der Waals surface area contributed by atoms with Gasteiger partial charge >= 0.3 is 0 Å². The number of nitrogens with two attached hydrogens (primary N) is 1. The summed E-state index contributed by atoms with van der Waals surface area (Å²) in [6.45, 7) is 1.94. The Morgan fingerprint density at radius 3 is 2.52 bits per heavy atom. The van der Waals surface area contributed by atoms with Crippen molar-refractivity contribution in [1.29, 1.82) is 0 Å². The lowest BCUT2D eigenvalue weighted by Crippen LogP contribution is -2.04. The topological polar surface area (TPSA) is 35.2 Å². The molecule has 0 aromatic heterocycles. The van der Waals surface area contributed by atoms with E-state index in [0.717, 1.165) is 17.7 Å². The zero-order valence-corrected chi connectivity index (χ0v) is 13.0. The molecule has 0 bridgehead atoms. The number of benzene rings is 2. The van der Waals surface area contributed by atoms with Gasteiger partial charge in [0.25, 0.3) is 0 Å². The van der Waals surface area contributed by atoms with Crippen molar-refractivity contribution in [3.05, 3.63) is 58.1 Å². The van der Waals surface area contributed by atoms with E-state index in [-0.39, 0.29) is 6.04 Å². The molecule has 0 spiro atoms. The van der Waals surface area contributed by atoms with Crippen molar-refractivity contribution in [1.82, 2.24) is 0 Å². The summed E-state index contributed by atoms with van der Waals surface area (Å²) in [6, 6.07) is 12.0. The zero-order valence-electron chi connectivity index (χ0n) is 12.2. The van der Waals surface area contributed by atoms with E-state index >= 15 is 0 Å². The van der Waals surface area contributed by atoms with E-state index in [4.69, 9.17) is 22.1 Å². The summed E-state index contributed by atoms with van der Waals surface area (Å²) in [4.78, 5) is 0. The van der Waals surface area contributed by atoms with Gasteiger partial charge in [0, 0.05) is 6.04 Å². The first-order valence-corrected chi connectivity index (χ1v) is 7.86. The fourth-order valence-electron chi connectivity index (χ4n) is 2.78. The van der Waals surface area contributed by atoms with Crippen LogP contribution in [0.2, 0.25) is 5.02 Å². The van der Waals surface area contributed by atoms with Crippen molar-refractivity contribution in [2.75, 3.05) is 0 Å². The lowest BCUT2D eigenvalue weighted by Gasteiger charge is -2.17. The van der Waals surface area contributed by atoms with Gasteiger partial charge < -0.3 is 10.5 Å². The minimum atomic E-state index is -0.0275. The SMILES string of the molecule is CC(N)c1ccc(Oc2ccc3c(c2)CCCC3)c(Cl)c1. The third-order valence-corrected chi connectivity index (χ3v) is 4.32. The molecule has 0 aliphatic heterocycles. The van der Waals surface area contributed by atoms with Crippen LogP contribution in [-0.4, -0.2) is 0 Å². The minimum absolute atomic E-state index is 0.0275. The van der Waals surface area contributed by atoms with Crippen LogP contribution in [0.3, 0.4) is 0 Å². The van der Waals surface area contributed by atoms with Gasteiger partial charge in [-0.1, -0.05) is 23.7 Å². The molecule has 1 aliphatic rings. The van der Waals surface area contributed by atoms with Crippen LogP contribution in [-0.2, 0) is 12.8 Å². The Balaban J connectivity index is 1.83. The van der Waals surface area contributed by atoms with Crippen LogP contribution in [0.1, 0.15) is 42.5 Å². The number of aryl methyl sites for hydroxylation is 2. The van der Waals surface area contributed by atoms with Crippen molar-refractivity contribution in [3.8, 4) is 11.5 Å². The largest absolute Gasteiger partial charge is 0.456 e. The molecule has 2 nitrogen and oxygen atoms in total. The highest BCUT2D eigenvalue weighted by Crippen LogP contribution is 2.33. The second-order valence-corrected chi connectivity index (χ2v) is 6.13. The lowest BCUT2D eigenvalue weighted by atomic mass is 9.92. The van der Waals surface area contributed by atoms with Crippen molar-refractivity contribution < 1.29 is 4.74 Å². The molecule has 2 aromatic carbocycles. The Hall–Kier alpha value is -1.51. The lowest BCUT2D eigenvalue weighted by molar-refractivity contribution is 0.480. The normalized spacial score (nSPS) is 15.4. The Bertz CT molecular complexity index is 652. The summed E-state index contributed by atoms with van der Waals surface area (Å²) in [5.74, 6) is 1.53. The zero-order chi connectivity index (χ0) is 14.8. The summed E-state index contributed by atoms with van der Waals surface area (Å²) >= 11 is 6.29. The Morgan fingerprint density at radius 1 is 1.05 bits per heavy atom. The van der Waals surface area contributed by atoms with Crippen LogP contribution in [0.4, 0.5) is 0 Å². The van der Waals surface area contributed by atoms with Gasteiger partial charge in [-0.15, -0.1) is 0 Å². The summed E-state index contributed by atoms with van der Waals surface area (Å²) in [7, 11) is 0. The first-order chi connectivity index (χ1) is 10.1. The van der Waals surface area contributed by atoms with Gasteiger partial charge in [0.1, 0.15) is 11.5 Å². The average molecular weight is 302 g/mol. The Morgan fingerprint density at radius 2 is 1.81 bits per heavy atom. The number of hydrogen-bond donors (Lipinski definition) is 1. The minimum Gasteiger partial charge on any atom is -0.456 e. The van der Waals surface area contributed by atoms with Crippen LogP contribution in [0.15, 0.2) is 36.4 Å². The maximum Gasteiger partial charge on any atom is 0.146 e. The summed E-state index contributed by atoms with van der Waals surface area (Å²) in [6.07, 6.45) is 4.88. The number of rotatable bonds is 3. The molecule has 21 heavy (non-hydrogen) atoms. The fourth-order valence-corrected chi connectivity index (χ4v) is 3.01. The number of ether oxygens (including phenoxy) is 1. The number of fused-ring (bicyclic) bond motifs is 1. The molecular formula is C18H20ClNO. The van der Waals surface area contributed by atoms with Gasteiger partial charge in [-0.05, 0) is 73.6 Å². The first kappa shape index (κ1) is 14.4. The quantitative estimate of drug-likeness (QED) is 0.863. The predicted molar refractivity (Wildman–Crippen MR) is 87.2 cm³/mol. The van der Waals surface area contributed by atoms with Crippen LogP contribution >= 0.6 is 11.6 Å². The summed E-state index contributed by atoms with van der Waals surface area (Å²) in [5.41, 5.74) is 9.73. The van der Waals surface area contributed by atoms with Gasteiger partial charge in [-0.25, -0.2) is 0 Å². The van der Waals surface area contributed by atoms with Crippen molar-refractivity contribution in [3.63, 3.8) is 0 Å². The third kappa shape index (κ3) is 3.22. The Kier molecular flexibility index (Phi) is 4.18. The molecule has 0 amide bonds. The highest BCUT2D eigenvalue weighted by molar-refractivity contribution is 6.32. The molecule has 3 heteroatoms. The van der Waals surface area contributed by atoms with Crippen LogP contribution in [0.25, 0.3) is 0 Å². The second-order valence-electron chi connectivity index (χ2n) is 5.72. The van der Waals surface area contributed by atoms with Gasteiger partial charge in [0.15, 0.2) is 0 Å².